The normalized spacial score (nSPS) is 10.5. The Kier molecular flexibility index (Phi) is 2.85. The molecular formula is C13H9N3O2S. The molecule has 0 fully saturated rings. The molecule has 0 atom stereocenters. The van der Waals surface area contributed by atoms with E-state index in [1.807, 2.05) is 18.2 Å². The zero-order valence-corrected chi connectivity index (χ0v) is 10.5. The fourth-order valence-electron chi connectivity index (χ4n) is 1.83. The third-order valence-electron chi connectivity index (χ3n) is 2.73. The van der Waals surface area contributed by atoms with Crippen LogP contribution in [-0.2, 0) is 0 Å². The lowest BCUT2D eigenvalue weighted by Gasteiger charge is -2.07. The Labute approximate surface area is 112 Å². The summed E-state index contributed by atoms with van der Waals surface area (Å²) in [5, 5.41) is 22.0. The van der Waals surface area contributed by atoms with Gasteiger partial charge < -0.3 is 5.11 Å². The topological polar surface area (TPSA) is 75.1 Å². The summed E-state index contributed by atoms with van der Waals surface area (Å²) < 4.78 is 0. The van der Waals surface area contributed by atoms with Crippen molar-refractivity contribution in [3.63, 3.8) is 0 Å². The number of amides is 1. The first-order chi connectivity index (χ1) is 9.25. The maximum atomic E-state index is 12.0. The van der Waals surface area contributed by atoms with Gasteiger partial charge in [-0.05, 0) is 11.5 Å². The molecule has 3 rings (SSSR count). The largest absolute Gasteiger partial charge is 0.506 e. The van der Waals surface area contributed by atoms with E-state index in [1.165, 1.54) is 16.8 Å². The molecule has 2 aromatic carbocycles. The second-order valence-electron chi connectivity index (χ2n) is 3.88. The highest BCUT2D eigenvalue weighted by Gasteiger charge is 2.14. The van der Waals surface area contributed by atoms with Crippen LogP contribution >= 0.6 is 11.3 Å². The minimum absolute atomic E-state index is 0.0277. The molecule has 0 unspecified atom stereocenters. The van der Waals surface area contributed by atoms with Crippen molar-refractivity contribution in [2.24, 2.45) is 0 Å². The van der Waals surface area contributed by atoms with Crippen molar-refractivity contribution in [1.29, 1.82) is 0 Å². The molecule has 1 amide bonds. The van der Waals surface area contributed by atoms with Gasteiger partial charge in [0.2, 0.25) is 5.13 Å². The fraction of sp³-hybridized carbons (Fsp3) is 0. The van der Waals surface area contributed by atoms with Crippen LogP contribution in [0.3, 0.4) is 0 Å². The fourth-order valence-corrected chi connectivity index (χ4v) is 2.27. The van der Waals surface area contributed by atoms with Gasteiger partial charge in [-0.3, -0.25) is 10.1 Å². The number of nitrogens with one attached hydrogen (secondary N) is 1. The molecule has 0 saturated heterocycles. The Balaban J connectivity index is 2.01. The van der Waals surface area contributed by atoms with Crippen molar-refractivity contribution in [3.05, 3.63) is 47.5 Å². The molecule has 0 radical (unpaired) electrons. The molecule has 6 heteroatoms. The van der Waals surface area contributed by atoms with Gasteiger partial charge in [-0.25, -0.2) is 0 Å². The Hall–Kier alpha value is -2.47. The maximum absolute atomic E-state index is 12.0. The smallest absolute Gasteiger partial charge is 0.261 e. The summed E-state index contributed by atoms with van der Waals surface area (Å²) in [6, 6.07) is 10.7. The average molecular weight is 271 g/mol. The molecular weight excluding hydrogens is 262 g/mol. The zero-order valence-electron chi connectivity index (χ0n) is 9.70. The number of rotatable bonds is 2. The summed E-state index contributed by atoms with van der Waals surface area (Å²) in [5.74, 6) is -0.430. The number of hydrogen-bond donors (Lipinski definition) is 2. The van der Waals surface area contributed by atoms with Crippen LogP contribution in [0.5, 0.6) is 5.75 Å². The van der Waals surface area contributed by atoms with Crippen LogP contribution in [0.1, 0.15) is 10.4 Å². The molecule has 19 heavy (non-hydrogen) atoms. The number of carbonyl (C=O) groups is 1. The summed E-state index contributed by atoms with van der Waals surface area (Å²) in [6.45, 7) is 0. The second-order valence-corrected chi connectivity index (χ2v) is 4.71. The van der Waals surface area contributed by atoms with E-state index in [0.717, 1.165) is 5.39 Å². The molecule has 1 aromatic heterocycles. The third-order valence-corrected chi connectivity index (χ3v) is 3.33. The summed E-state index contributed by atoms with van der Waals surface area (Å²) in [4.78, 5) is 12.0. The van der Waals surface area contributed by atoms with Crippen LogP contribution in [0.15, 0.2) is 41.9 Å². The molecule has 2 N–H and O–H groups in total. The lowest BCUT2D eigenvalue weighted by Crippen LogP contribution is -2.12. The van der Waals surface area contributed by atoms with Crippen LogP contribution in [0.25, 0.3) is 10.8 Å². The monoisotopic (exact) mass is 271 g/mol. The van der Waals surface area contributed by atoms with E-state index in [-0.39, 0.29) is 11.3 Å². The van der Waals surface area contributed by atoms with E-state index >= 15 is 0 Å². The number of benzene rings is 2. The Morgan fingerprint density at radius 1 is 1.21 bits per heavy atom. The van der Waals surface area contributed by atoms with Crippen molar-refractivity contribution < 1.29 is 9.90 Å². The molecule has 0 aliphatic carbocycles. The molecule has 5 nitrogen and oxygen atoms in total. The van der Waals surface area contributed by atoms with Crippen LogP contribution in [0, 0.1) is 0 Å². The highest BCUT2D eigenvalue weighted by molar-refractivity contribution is 7.13. The average Bonchev–Trinajstić information content (AvgIpc) is 2.92. The molecule has 0 aliphatic heterocycles. The molecule has 0 aliphatic rings. The van der Waals surface area contributed by atoms with Crippen molar-refractivity contribution in [2.45, 2.75) is 0 Å². The predicted octanol–water partition coefficient (Wildman–Crippen LogP) is 2.65. The minimum Gasteiger partial charge on any atom is -0.506 e. The number of phenols is 1. The standard InChI is InChI=1S/C13H9N3O2S/c17-11-9-4-2-1-3-8(9)5-6-10(11)12(18)15-13-16-14-7-19-13/h1-7,17H,(H,15,16,18). The van der Waals surface area contributed by atoms with Gasteiger partial charge >= 0.3 is 0 Å². The van der Waals surface area contributed by atoms with E-state index < -0.39 is 5.91 Å². The van der Waals surface area contributed by atoms with Crippen molar-refractivity contribution >= 4 is 33.1 Å². The zero-order chi connectivity index (χ0) is 13.2. The SMILES string of the molecule is O=C(Nc1nncs1)c1ccc2ccccc2c1O. The number of phenolic OH excluding ortho intramolecular Hbond substituents is 1. The summed E-state index contributed by atoms with van der Waals surface area (Å²) >= 11 is 1.22. The summed E-state index contributed by atoms with van der Waals surface area (Å²) in [7, 11) is 0. The van der Waals surface area contributed by atoms with Crippen molar-refractivity contribution in [1.82, 2.24) is 10.2 Å². The van der Waals surface area contributed by atoms with Crippen LogP contribution in [0.4, 0.5) is 5.13 Å². The van der Waals surface area contributed by atoms with Gasteiger partial charge in [0, 0.05) is 5.39 Å². The number of carbonyl (C=O) groups excluding carboxylic acids is 1. The molecule has 3 aromatic rings. The Morgan fingerprint density at radius 3 is 2.84 bits per heavy atom. The van der Waals surface area contributed by atoms with Crippen molar-refractivity contribution in [3.8, 4) is 5.75 Å². The van der Waals surface area contributed by atoms with Gasteiger partial charge in [0.1, 0.15) is 11.3 Å². The first-order valence-electron chi connectivity index (χ1n) is 5.54. The number of hydrogen-bond acceptors (Lipinski definition) is 5. The van der Waals surface area contributed by atoms with Gasteiger partial charge in [-0.15, -0.1) is 10.2 Å². The van der Waals surface area contributed by atoms with E-state index in [9.17, 15) is 9.90 Å². The van der Waals surface area contributed by atoms with Gasteiger partial charge in [0.05, 0.1) is 5.56 Å². The quantitative estimate of drug-likeness (QED) is 0.751. The van der Waals surface area contributed by atoms with Gasteiger partial charge in [-0.1, -0.05) is 41.7 Å². The van der Waals surface area contributed by atoms with Crippen LogP contribution < -0.4 is 5.32 Å². The van der Waals surface area contributed by atoms with Gasteiger partial charge in [0.25, 0.3) is 5.91 Å². The van der Waals surface area contributed by atoms with Gasteiger partial charge in [-0.2, -0.15) is 0 Å². The number of nitrogens with zero attached hydrogens (tertiary/aromatic N) is 2. The lowest BCUT2D eigenvalue weighted by molar-refractivity contribution is 0.102. The Bertz CT molecular complexity index is 741. The highest BCUT2D eigenvalue weighted by atomic mass is 32.1. The maximum Gasteiger partial charge on any atom is 0.261 e. The van der Waals surface area contributed by atoms with Gasteiger partial charge in [0.15, 0.2) is 0 Å². The minimum atomic E-state index is -0.403. The molecule has 0 spiro atoms. The molecule has 0 bridgehead atoms. The number of aromatic nitrogens is 2. The van der Waals surface area contributed by atoms with E-state index in [1.54, 1.807) is 18.2 Å². The van der Waals surface area contributed by atoms with E-state index in [0.29, 0.717) is 10.5 Å². The predicted molar refractivity (Wildman–Crippen MR) is 73.5 cm³/mol. The molecule has 94 valence electrons. The number of aromatic hydroxyl groups is 1. The first-order valence-corrected chi connectivity index (χ1v) is 6.42. The second kappa shape index (κ2) is 4.66. The van der Waals surface area contributed by atoms with Crippen molar-refractivity contribution in [2.75, 3.05) is 5.32 Å². The summed E-state index contributed by atoms with van der Waals surface area (Å²) in [6.07, 6.45) is 0. The Morgan fingerprint density at radius 2 is 2.05 bits per heavy atom. The lowest BCUT2D eigenvalue weighted by atomic mass is 10.1. The van der Waals surface area contributed by atoms with Crippen LogP contribution in [0.2, 0.25) is 0 Å². The van der Waals surface area contributed by atoms with E-state index in [2.05, 4.69) is 15.5 Å². The summed E-state index contributed by atoms with van der Waals surface area (Å²) in [5.41, 5.74) is 1.74. The highest BCUT2D eigenvalue weighted by Crippen LogP contribution is 2.29. The van der Waals surface area contributed by atoms with E-state index in [4.69, 9.17) is 0 Å². The molecule has 1 heterocycles. The number of anilines is 1. The molecule has 0 saturated carbocycles. The number of fused-ring (bicyclic) bond motifs is 1. The third kappa shape index (κ3) is 2.13. The van der Waals surface area contributed by atoms with Crippen LogP contribution in [-0.4, -0.2) is 21.2 Å². The first kappa shape index (κ1) is 11.6.